The highest BCUT2D eigenvalue weighted by Crippen LogP contribution is 2.44. The van der Waals surface area contributed by atoms with Crippen LogP contribution in [0.25, 0.3) is 0 Å². The van der Waals surface area contributed by atoms with Gasteiger partial charge in [0.2, 0.25) is 0 Å². The van der Waals surface area contributed by atoms with Crippen molar-refractivity contribution in [2.24, 2.45) is 5.92 Å². The fourth-order valence-corrected chi connectivity index (χ4v) is 3.58. The number of rotatable bonds is 4. The fourth-order valence-electron chi connectivity index (χ4n) is 3.05. The van der Waals surface area contributed by atoms with E-state index in [-0.39, 0.29) is 0 Å². The molecule has 0 amide bonds. The molecule has 98 valence electrons. The molecule has 1 fully saturated rings. The van der Waals surface area contributed by atoms with Crippen LogP contribution in [0.4, 0.5) is 0 Å². The predicted octanol–water partition coefficient (Wildman–Crippen LogP) is 3.83. The van der Waals surface area contributed by atoms with E-state index in [4.69, 9.17) is 4.74 Å². The van der Waals surface area contributed by atoms with Crippen LogP contribution < -0.4 is 10.1 Å². The summed E-state index contributed by atoms with van der Waals surface area (Å²) in [5.74, 6) is 1.93. The SMILES string of the molecule is CCNC(c1cc(Br)cc2c1OCC2)C1CCC1. The zero-order valence-corrected chi connectivity index (χ0v) is 12.4. The first-order chi connectivity index (χ1) is 8.79. The Morgan fingerprint density at radius 3 is 2.94 bits per heavy atom. The van der Waals surface area contributed by atoms with Gasteiger partial charge in [-0.2, -0.15) is 0 Å². The molecule has 1 heterocycles. The van der Waals surface area contributed by atoms with Gasteiger partial charge < -0.3 is 10.1 Å². The van der Waals surface area contributed by atoms with E-state index in [0.717, 1.165) is 31.2 Å². The third-order valence-electron chi connectivity index (χ3n) is 4.16. The van der Waals surface area contributed by atoms with Crippen molar-refractivity contribution >= 4 is 15.9 Å². The van der Waals surface area contributed by atoms with E-state index in [1.54, 1.807) is 0 Å². The fraction of sp³-hybridized carbons (Fsp3) is 0.600. The molecule has 1 aliphatic heterocycles. The Hall–Kier alpha value is -0.540. The lowest BCUT2D eigenvalue weighted by molar-refractivity contribution is 0.228. The number of ether oxygens (including phenoxy) is 1. The average Bonchev–Trinajstić information content (AvgIpc) is 2.72. The summed E-state index contributed by atoms with van der Waals surface area (Å²) in [6.45, 7) is 4.04. The van der Waals surface area contributed by atoms with Gasteiger partial charge in [0, 0.05) is 22.5 Å². The van der Waals surface area contributed by atoms with Gasteiger partial charge in [0.25, 0.3) is 0 Å². The first kappa shape index (κ1) is 12.5. The van der Waals surface area contributed by atoms with Crippen molar-refractivity contribution in [1.82, 2.24) is 5.32 Å². The minimum atomic E-state index is 0.466. The molecular weight excluding hydrogens is 290 g/mol. The lowest BCUT2D eigenvalue weighted by atomic mass is 9.76. The van der Waals surface area contributed by atoms with E-state index < -0.39 is 0 Å². The number of fused-ring (bicyclic) bond motifs is 1. The molecule has 1 unspecified atom stereocenters. The van der Waals surface area contributed by atoms with E-state index in [9.17, 15) is 0 Å². The van der Waals surface area contributed by atoms with Crippen LogP contribution in [0.5, 0.6) is 5.75 Å². The van der Waals surface area contributed by atoms with E-state index in [1.807, 2.05) is 0 Å². The highest BCUT2D eigenvalue weighted by atomic mass is 79.9. The average molecular weight is 310 g/mol. The van der Waals surface area contributed by atoms with Crippen LogP contribution in [0.3, 0.4) is 0 Å². The second-order valence-electron chi connectivity index (χ2n) is 5.31. The van der Waals surface area contributed by atoms with Crippen molar-refractivity contribution in [3.63, 3.8) is 0 Å². The molecule has 3 heteroatoms. The summed E-state index contributed by atoms with van der Waals surface area (Å²) < 4.78 is 7.05. The minimum absolute atomic E-state index is 0.466. The maximum atomic E-state index is 5.87. The van der Waals surface area contributed by atoms with E-state index >= 15 is 0 Å². The molecule has 1 aliphatic carbocycles. The highest BCUT2D eigenvalue weighted by molar-refractivity contribution is 9.10. The van der Waals surface area contributed by atoms with Gasteiger partial charge in [-0.25, -0.2) is 0 Å². The molecule has 0 radical (unpaired) electrons. The van der Waals surface area contributed by atoms with Crippen LogP contribution in [0.2, 0.25) is 0 Å². The molecule has 2 aliphatic rings. The number of benzene rings is 1. The third kappa shape index (κ3) is 2.19. The van der Waals surface area contributed by atoms with Gasteiger partial charge in [-0.3, -0.25) is 0 Å². The van der Waals surface area contributed by atoms with Crippen LogP contribution >= 0.6 is 15.9 Å². The van der Waals surface area contributed by atoms with Crippen molar-refractivity contribution in [1.29, 1.82) is 0 Å². The maximum Gasteiger partial charge on any atom is 0.127 e. The van der Waals surface area contributed by atoms with E-state index in [0.29, 0.717) is 6.04 Å². The van der Waals surface area contributed by atoms with Crippen LogP contribution in [0, 0.1) is 5.92 Å². The number of halogens is 1. The molecule has 1 aromatic rings. The zero-order chi connectivity index (χ0) is 12.5. The van der Waals surface area contributed by atoms with Gasteiger partial charge in [0.1, 0.15) is 5.75 Å². The molecule has 18 heavy (non-hydrogen) atoms. The smallest absolute Gasteiger partial charge is 0.127 e. The Kier molecular flexibility index (Phi) is 3.62. The number of nitrogens with one attached hydrogen (secondary N) is 1. The standard InChI is InChI=1S/C15H20BrNO/c1-2-17-14(10-4-3-5-10)13-9-12(16)8-11-6-7-18-15(11)13/h8-10,14,17H,2-7H2,1H3. The Morgan fingerprint density at radius 2 is 2.28 bits per heavy atom. The monoisotopic (exact) mass is 309 g/mol. The lowest BCUT2D eigenvalue weighted by Crippen LogP contribution is -2.32. The van der Waals surface area contributed by atoms with E-state index in [2.05, 4.69) is 40.3 Å². The summed E-state index contributed by atoms with van der Waals surface area (Å²) in [6.07, 6.45) is 5.12. The summed E-state index contributed by atoms with van der Waals surface area (Å²) in [5, 5.41) is 3.66. The molecule has 1 N–H and O–H groups in total. The second kappa shape index (κ2) is 5.22. The van der Waals surface area contributed by atoms with Crippen LogP contribution in [0.15, 0.2) is 16.6 Å². The van der Waals surface area contributed by atoms with Crippen LogP contribution in [-0.2, 0) is 6.42 Å². The molecule has 0 spiro atoms. The molecule has 0 bridgehead atoms. The van der Waals surface area contributed by atoms with Gasteiger partial charge in [-0.1, -0.05) is 29.3 Å². The van der Waals surface area contributed by atoms with Gasteiger partial charge in [0.05, 0.1) is 6.61 Å². The van der Waals surface area contributed by atoms with Gasteiger partial charge >= 0.3 is 0 Å². The first-order valence-corrected chi connectivity index (χ1v) is 7.77. The summed E-state index contributed by atoms with van der Waals surface area (Å²) in [6, 6.07) is 4.92. The molecule has 2 nitrogen and oxygen atoms in total. The summed E-state index contributed by atoms with van der Waals surface area (Å²) in [5.41, 5.74) is 2.73. The van der Waals surface area contributed by atoms with Crippen molar-refractivity contribution in [2.45, 2.75) is 38.6 Å². The molecular formula is C15H20BrNO. The quantitative estimate of drug-likeness (QED) is 0.912. The van der Waals surface area contributed by atoms with Crippen LogP contribution in [0.1, 0.15) is 43.4 Å². The van der Waals surface area contributed by atoms with Crippen molar-refractivity contribution < 1.29 is 4.74 Å². The van der Waals surface area contributed by atoms with Crippen LogP contribution in [-0.4, -0.2) is 13.2 Å². The normalized spacial score (nSPS) is 20.1. The van der Waals surface area contributed by atoms with Gasteiger partial charge in [-0.05, 0) is 43.0 Å². The first-order valence-electron chi connectivity index (χ1n) is 6.98. The Balaban J connectivity index is 1.97. The summed E-state index contributed by atoms with van der Waals surface area (Å²) in [7, 11) is 0. The number of hydrogen-bond acceptors (Lipinski definition) is 2. The third-order valence-corrected chi connectivity index (χ3v) is 4.62. The maximum absolute atomic E-state index is 5.87. The molecule has 1 aromatic carbocycles. The van der Waals surface area contributed by atoms with Crippen molar-refractivity contribution in [3.05, 3.63) is 27.7 Å². The van der Waals surface area contributed by atoms with Gasteiger partial charge in [-0.15, -0.1) is 0 Å². The minimum Gasteiger partial charge on any atom is -0.493 e. The molecule has 0 saturated heterocycles. The zero-order valence-electron chi connectivity index (χ0n) is 10.8. The second-order valence-corrected chi connectivity index (χ2v) is 6.22. The van der Waals surface area contributed by atoms with Crippen molar-refractivity contribution in [2.75, 3.05) is 13.2 Å². The van der Waals surface area contributed by atoms with Gasteiger partial charge in [0.15, 0.2) is 0 Å². The molecule has 3 rings (SSSR count). The Morgan fingerprint density at radius 1 is 1.44 bits per heavy atom. The molecule has 1 saturated carbocycles. The number of hydrogen-bond donors (Lipinski definition) is 1. The molecule has 0 aromatic heterocycles. The topological polar surface area (TPSA) is 21.3 Å². The highest BCUT2D eigenvalue weighted by Gasteiger charge is 2.31. The predicted molar refractivity (Wildman–Crippen MR) is 77.1 cm³/mol. The Bertz CT molecular complexity index is 442. The summed E-state index contributed by atoms with van der Waals surface area (Å²) >= 11 is 3.64. The Labute approximate surface area is 117 Å². The van der Waals surface area contributed by atoms with Crippen molar-refractivity contribution in [3.8, 4) is 5.75 Å². The molecule has 1 atom stereocenters. The lowest BCUT2D eigenvalue weighted by Gasteiger charge is -2.35. The van der Waals surface area contributed by atoms with E-state index in [1.165, 1.54) is 34.9 Å². The largest absolute Gasteiger partial charge is 0.493 e. The summed E-state index contributed by atoms with van der Waals surface area (Å²) in [4.78, 5) is 0.